The van der Waals surface area contributed by atoms with Gasteiger partial charge in [0.05, 0.1) is 0 Å². The smallest absolute Gasteiger partial charge is 0.0313 e. The zero-order chi connectivity index (χ0) is 10.7. The summed E-state index contributed by atoms with van der Waals surface area (Å²) >= 11 is 3.67. The third-order valence-corrected chi connectivity index (χ3v) is 3.77. The maximum Gasteiger partial charge on any atom is 0.0313 e. The van der Waals surface area contributed by atoms with Crippen LogP contribution in [0, 0.1) is 6.92 Å². The van der Waals surface area contributed by atoms with E-state index in [4.69, 9.17) is 0 Å². The molecule has 3 heteroatoms. The van der Waals surface area contributed by atoms with E-state index in [1.807, 2.05) is 12.4 Å². The van der Waals surface area contributed by atoms with Crippen LogP contribution in [0.2, 0.25) is 0 Å². The van der Waals surface area contributed by atoms with Crippen molar-refractivity contribution in [3.63, 3.8) is 0 Å². The normalized spacial score (nSPS) is 19.3. The van der Waals surface area contributed by atoms with Gasteiger partial charge in [0.1, 0.15) is 0 Å². The highest BCUT2D eigenvalue weighted by atomic mass is 79.9. The molecular weight excluding hydrogens is 252 g/mol. The number of hydrogen-bond donors (Lipinski definition) is 0. The van der Waals surface area contributed by atoms with Crippen LogP contribution in [0.15, 0.2) is 18.5 Å². The van der Waals surface area contributed by atoms with Crippen LogP contribution in [0.5, 0.6) is 0 Å². The zero-order valence-corrected chi connectivity index (χ0v) is 10.7. The van der Waals surface area contributed by atoms with Crippen LogP contribution in [0.3, 0.4) is 0 Å². The number of rotatable bonds is 2. The Balaban J connectivity index is 1.92. The third kappa shape index (κ3) is 3.28. The predicted molar refractivity (Wildman–Crippen MR) is 66.2 cm³/mol. The van der Waals surface area contributed by atoms with Crippen LogP contribution in [0.25, 0.3) is 0 Å². The topological polar surface area (TPSA) is 16.1 Å². The van der Waals surface area contributed by atoms with E-state index in [1.165, 1.54) is 37.1 Å². The Morgan fingerprint density at radius 3 is 2.80 bits per heavy atom. The van der Waals surface area contributed by atoms with Crippen molar-refractivity contribution >= 4 is 15.9 Å². The van der Waals surface area contributed by atoms with Crippen molar-refractivity contribution in [2.75, 3.05) is 13.1 Å². The molecule has 0 unspecified atom stereocenters. The molecule has 0 atom stereocenters. The van der Waals surface area contributed by atoms with E-state index in [2.05, 4.69) is 38.8 Å². The fourth-order valence-corrected chi connectivity index (χ4v) is 2.43. The molecule has 1 aromatic rings. The van der Waals surface area contributed by atoms with Crippen LogP contribution in [0.4, 0.5) is 0 Å². The molecular formula is C12H17BrN2. The summed E-state index contributed by atoms with van der Waals surface area (Å²) in [5.41, 5.74) is 2.59. The number of nitrogens with zero attached hydrogens (tertiary/aromatic N) is 2. The maximum absolute atomic E-state index is 4.23. The van der Waals surface area contributed by atoms with Crippen LogP contribution >= 0.6 is 15.9 Å². The van der Waals surface area contributed by atoms with Gasteiger partial charge in [0.15, 0.2) is 0 Å². The van der Waals surface area contributed by atoms with Crippen LogP contribution in [0.1, 0.15) is 24.0 Å². The van der Waals surface area contributed by atoms with Crippen molar-refractivity contribution in [2.24, 2.45) is 0 Å². The average molecular weight is 269 g/mol. The first-order valence-electron chi connectivity index (χ1n) is 5.51. The molecule has 82 valence electrons. The first-order chi connectivity index (χ1) is 7.24. The van der Waals surface area contributed by atoms with Gasteiger partial charge in [-0.3, -0.25) is 9.88 Å². The summed E-state index contributed by atoms with van der Waals surface area (Å²) in [5, 5.41) is 0. The Kier molecular flexibility index (Phi) is 3.76. The van der Waals surface area contributed by atoms with Gasteiger partial charge in [0, 0.05) is 23.8 Å². The Bertz CT molecular complexity index is 319. The van der Waals surface area contributed by atoms with Gasteiger partial charge in [-0.1, -0.05) is 22.0 Å². The Hall–Kier alpha value is -0.410. The molecule has 2 heterocycles. The van der Waals surface area contributed by atoms with Crippen LogP contribution in [-0.2, 0) is 6.54 Å². The molecule has 2 rings (SSSR count). The molecule has 15 heavy (non-hydrogen) atoms. The van der Waals surface area contributed by atoms with Crippen molar-refractivity contribution in [3.8, 4) is 0 Å². The van der Waals surface area contributed by atoms with Gasteiger partial charge >= 0.3 is 0 Å². The molecule has 0 amide bonds. The summed E-state index contributed by atoms with van der Waals surface area (Å²) in [4.78, 5) is 7.46. The highest BCUT2D eigenvalue weighted by molar-refractivity contribution is 9.09. The molecule has 0 radical (unpaired) electrons. The molecule has 0 spiro atoms. The molecule has 0 aromatic carbocycles. The van der Waals surface area contributed by atoms with Crippen molar-refractivity contribution in [1.29, 1.82) is 0 Å². The minimum Gasteiger partial charge on any atom is -0.299 e. The molecule has 0 N–H and O–H groups in total. The van der Waals surface area contributed by atoms with E-state index >= 15 is 0 Å². The Morgan fingerprint density at radius 1 is 1.40 bits per heavy atom. The van der Waals surface area contributed by atoms with Gasteiger partial charge < -0.3 is 0 Å². The Morgan fingerprint density at radius 2 is 2.13 bits per heavy atom. The number of piperidine rings is 1. The first kappa shape index (κ1) is 11.1. The number of hydrogen-bond acceptors (Lipinski definition) is 2. The summed E-state index contributed by atoms with van der Waals surface area (Å²) in [5.74, 6) is 0. The van der Waals surface area contributed by atoms with Crippen molar-refractivity contribution in [2.45, 2.75) is 31.1 Å². The summed E-state index contributed by atoms with van der Waals surface area (Å²) in [6, 6.07) is 2.23. The molecule has 1 fully saturated rings. The van der Waals surface area contributed by atoms with E-state index in [0.29, 0.717) is 0 Å². The molecule has 1 saturated heterocycles. The fraction of sp³-hybridized carbons (Fsp3) is 0.583. The lowest BCUT2D eigenvalue weighted by Gasteiger charge is -2.29. The second-order valence-electron chi connectivity index (χ2n) is 4.32. The van der Waals surface area contributed by atoms with E-state index < -0.39 is 0 Å². The largest absolute Gasteiger partial charge is 0.299 e. The van der Waals surface area contributed by atoms with Crippen molar-refractivity contribution in [3.05, 3.63) is 29.6 Å². The van der Waals surface area contributed by atoms with Gasteiger partial charge in [0.2, 0.25) is 0 Å². The van der Waals surface area contributed by atoms with E-state index in [0.717, 1.165) is 11.4 Å². The van der Waals surface area contributed by atoms with Gasteiger partial charge in [-0.2, -0.15) is 0 Å². The Labute approximate surface area is 99.8 Å². The molecule has 1 aliphatic heterocycles. The molecule has 0 aliphatic carbocycles. The summed E-state index contributed by atoms with van der Waals surface area (Å²) in [7, 11) is 0. The number of halogens is 1. The number of aromatic nitrogens is 1. The lowest BCUT2D eigenvalue weighted by Crippen LogP contribution is -2.33. The second kappa shape index (κ2) is 5.08. The lowest BCUT2D eigenvalue weighted by molar-refractivity contribution is 0.226. The predicted octanol–water partition coefficient (Wildman–Crippen LogP) is 2.75. The van der Waals surface area contributed by atoms with Crippen LogP contribution in [-0.4, -0.2) is 27.8 Å². The first-order valence-corrected chi connectivity index (χ1v) is 6.42. The molecule has 1 aromatic heterocycles. The minimum atomic E-state index is 0.726. The van der Waals surface area contributed by atoms with E-state index in [-0.39, 0.29) is 0 Å². The molecule has 0 bridgehead atoms. The SMILES string of the molecule is Cc1cncc(CN2CCC(Br)CC2)c1. The number of pyridine rings is 1. The zero-order valence-electron chi connectivity index (χ0n) is 9.12. The van der Waals surface area contributed by atoms with Crippen molar-refractivity contribution in [1.82, 2.24) is 9.88 Å². The average Bonchev–Trinajstić information content (AvgIpc) is 2.22. The minimum absolute atomic E-state index is 0.726. The molecule has 0 saturated carbocycles. The quantitative estimate of drug-likeness (QED) is 0.767. The maximum atomic E-state index is 4.23. The lowest BCUT2D eigenvalue weighted by atomic mass is 10.1. The number of likely N-dealkylation sites (tertiary alicyclic amines) is 1. The van der Waals surface area contributed by atoms with E-state index in [9.17, 15) is 0 Å². The van der Waals surface area contributed by atoms with Gasteiger partial charge in [-0.15, -0.1) is 0 Å². The molecule has 1 aliphatic rings. The summed E-state index contributed by atoms with van der Waals surface area (Å²) in [6.07, 6.45) is 6.42. The third-order valence-electron chi connectivity index (χ3n) is 2.85. The molecule has 2 nitrogen and oxygen atoms in total. The van der Waals surface area contributed by atoms with Gasteiger partial charge in [0.25, 0.3) is 0 Å². The monoisotopic (exact) mass is 268 g/mol. The summed E-state index contributed by atoms with van der Waals surface area (Å²) in [6.45, 7) is 5.54. The fourth-order valence-electron chi connectivity index (χ4n) is 2.02. The standard InChI is InChI=1S/C12H17BrN2/c1-10-6-11(8-14-7-10)9-15-4-2-12(13)3-5-15/h6-8,12H,2-5,9H2,1H3. The second-order valence-corrected chi connectivity index (χ2v) is 5.62. The number of aryl methyl sites for hydroxylation is 1. The van der Waals surface area contributed by atoms with Crippen LogP contribution < -0.4 is 0 Å². The highest BCUT2D eigenvalue weighted by Crippen LogP contribution is 2.18. The van der Waals surface area contributed by atoms with E-state index in [1.54, 1.807) is 0 Å². The van der Waals surface area contributed by atoms with Gasteiger partial charge in [-0.25, -0.2) is 0 Å². The highest BCUT2D eigenvalue weighted by Gasteiger charge is 2.16. The van der Waals surface area contributed by atoms with Crippen molar-refractivity contribution < 1.29 is 0 Å². The van der Waals surface area contributed by atoms with Gasteiger partial charge in [-0.05, 0) is 44.0 Å². The summed E-state index contributed by atoms with van der Waals surface area (Å²) < 4.78 is 0. The number of alkyl halides is 1.